The van der Waals surface area contributed by atoms with Crippen LogP contribution in [0.1, 0.15) is 29.0 Å². The number of hydrogen-bond acceptors (Lipinski definition) is 2. The van der Waals surface area contributed by atoms with Gasteiger partial charge in [-0.15, -0.1) is 11.3 Å². The summed E-state index contributed by atoms with van der Waals surface area (Å²) >= 11 is 1.57. The van der Waals surface area contributed by atoms with Gasteiger partial charge in [-0.2, -0.15) is 13.2 Å². The lowest BCUT2D eigenvalue weighted by Crippen LogP contribution is -2.18. The van der Waals surface area contributed by atoms with Crippen LogP contribution in [0.15, 0.2) is 35.7 Å². The number of nitrogens with one attached hydrogen (secondary N) is 1. The van der Waals surface area contributed by atoms with Crippen molar-refractivity contribution in [1.29, 1.82) is 0 Å². The van der Waals surface area contributed by atoms with Gasteiger partial charge in [0.1, 0.15) is 5.82 Å². The van der Waals surface area contributed by atoms with Crippen molar-refractivity contribution in [3.05, 3.63) is 57.5 Å². The van der Waals surface area contributed by atoms with E-state index in [1.807, 2.05) is 24.4 Å². The molecule has 0 unspecified atom stereocenters. The van der Waals surface area contributed by atoms with E-state index in [9.17, 15) is 17.6 Å². The Morgan fingerprint density at radius 2 is 2.00 bits per heavy atom. The van der Waals surface area contributed by atoms with E-state index in [4.69, 9.17) is 0 Å². The van der Waals surface area contributed by atoms with Gasteiger partial charge in [-0.05, 0) is 36.1 Å². The van der Waals surface area contributed by atoms with Crippen LogP contribution in [0.4, 0.5) is 17.6 Å². The molecule has 1 heterocycles. The smallest absolute Gasteiger partial charge is 0.305 e. The molecule has 0 aliphatic heterocycles. The zero-order chi connectivity index (χ0) is 14.8. The van der Waals surface area contributed by atoms with Gasteiger partial charge in [-0.25, -0.2) is 4.39 Å². The fourth-order valence-corrected chi connectivity index (χ4v) is 2.57. The first-order valence-electron chi connectivity index (χ1n) is 6.00. The normalized spacial score (nSPS) is 13.4. The van der Waals surface area contributed by atoms with Crippen molar-refractivity contribution in [2.75, 3.05) is 0 Å². The van der Waals surface area contributed by atoms with E-state index in [1.165, 1.54) is 6.07 Å². The lowest BCUT2D eigenvalue weighted by atomic mass is 10.1. The van der Waals surface area contributed by atoms with Crippen LogP contribution < -0.4 is 5.32 Å². The summed E-state index contributed by atoms with van der Waals surface area (Å²) in [6.45, 7) is 2.18. The Morgan fingerprint density at radius 1 is 1.25 bits per heavy atom. The van der Waals surface area contributed by atoms with E-state index < -0.39 is 17.6 Å². The second kappa shape index (κ2) is 5.93. The number of thiophene rings is 1. The fourth-order valence-electron chi connectivity index (χ4n) is 1.81. The van der Waals surface area contributed by atoms with Crippen LogP contribution in [0.2, 0.25) is 0 Å². The molecule has 2 rings (SSSR count). The monoisotopic (exact) mass is 303 g/mol. The van der Waals surface area contributed by atoms with Crippen LogP contribution in [0.25, 0.3) is 0 Å². The molecule has 0 amide bonds. The van der Waals surface area contributed by atoms with Crippen LogP contribution in [0, 0.1) is 5.82 Å². The maximum absolute atomic E-state index is 13.1. The maximum atomic E-state index is 13.1. The van der Waals surface area contributed by atoms with Crippen LogP contribution in [-0.4, -0.2) is 0 Å². The minimum absolute atomic E-state index is 0.0365. The molecular formula is C14H13F4NS. The molecule has 1 N–H and O–H groups in total. The van der Waals surface area contributed by atoms with Crippen LogP contribution in [0.3, 0.4) is 0 Å². The zero-order valence-electron chi connectivity index (χ0n) is 10.7. The van der Waals surface area contributed by atoms with Crippen molar-refractivity contribution >= 4 is 11.3 Å². The van der Waals surface area contributed by atoms with E-state index in [-0.39, 0.29) is 12.6 Å². The first-order chi connectivity index (χ1) is 9.38. The van der Waals surface area contributed by atoms with Crippen molar-refractivity contribution in [2.24, 2.45) is 0 Å². The van der Waals surface area contributed by atoms with Gasteiger partial charge in [0.15, 0.2) is 0 Å². The average Bonchev–Trinajstić information content (AvgIpc) is 2.90. The second-order valence-corrected chi connectivity index (χ2v) is 5.41. The third-order valence-corrected chi connectivity index (χ3v) is 3.97. The molecule has 2 aromatic rings. The van der Waals surface area contributed by atoms with Crippen molar-refractivity contribution in [1.82, 2.24) is 5.32 Å². The van der Waals surface area contributed by atoms with E-state index in [0.29, 0.717) is 5.56 Å². The summed E-state index contributed by atoms with van der Waals surface area (Å²) in [7, 11) is 0. The lowest BCUT2D eigenvalue weighted by molar-refractivity contribution is -0.140. The van der Waals surface area contributed by atoms with Crippen LogP contribution in [0.5, 0.6) is 0 Å². The van der Waals surface area contributed by atoms with Gasteiger partial charge < -0.3 is 5.32 Å². The van der Waals surface area contributed by atoms with Gasteiger partial charge in [0, 0.05) is 17.5 Å². The Kier molecular flexibility index (Phi) is 4.45. The van der Waals surface area contributed by atoms with Gasteiger partial charge in [-0.3, -0.25) is 0 Å². The Balaban J connectivity index is 2.07. The molecule has 20 heavy (non-hydrogen) atoms. The van der Waals surface area contributed by atoms with Gasteiger partial charge in [0.25, 0.3) is 0 Å². The summed E-state index contributed by atoms with van der Waals surface area (Å²) in [6, 6.07) is 6.97. The highest BCUT2D eigenvalue weighted by Crippen LogP contribution is 2.32. The predicted octanol–water partition coefficient (Wildman–Crippen LogP) is 4.76. The third kappa shape index (κ3) is 3.58. The van der Waals surface area contributed by atoms with Gasteiger partial charge in [0.2, 0.25) is 0 Å². The fraction of sp³-hybridized carbons (Fsp3) is 0.286. The first-order valence-corrected chi connectivity index (χ1v) is 6.88. The molecule has 0 fully saturated rings. The summed E-state index contributed by atoms with van der Waals surface area (Å²) in [6.07, 6.45) is -4.67. The summed E-state index contributed by atoms with van der Waals surface area (Å²) in [4.78, 5) is 1.10. The Labute approximate surface area is 118 Å². The van der Waals surface area contributed by atoms with E-state index in [1.54, 1.807) is 11.3 Å². The van der Waals surface area contributed by atoms with Crippen molar-refractivity contribution in [2.45, 2.75) is 25.7 Å². The third-order valence-electron chi connectivity index (χ3n) is 2.92. The first kappa shape index (κ1) is 15.0. The molecule has 0 aliphatic carbocycles. The second-order valence-electron chi connectivity index (χ2n) is 4.43. The molecule has 0 aliphatic rings. The Hall–Kier alpha value is -1.40. The van der Waals surface area contributed by atoms with Gasteiger partial charge >= 0.3 is 6.18 Å². The van der Waals surface area contributed by atoms with E-state index >= 15 is 0 Å². The summed E-state index contributed by atoms with van der Waals surface area (Å²) in [5.74, 6) is -1.24. The molecule has 6 heteroatoms. The Bertz CT molecular complexity index is 563. The average molecular weight is 303 g/mol. The summed E-state index contributed by atoms with van der Waals surface area (Å²) in [5.41, 5.74) is -0.817. The van der Waals surface area contributed by atoms with Gasteiger partial charge in [-0.1, -0.05) is 12.1 Å². The number of halogens is 4. The SMILES string of the molecule is C[C@H](NCc1ccc(F)c(C(F)(F)F)c1)c1cccs1. The molecule has 0 spiro atoms. The molecule has 1 nitrogen and oxygen atoms in total. The molecule has 0 bridgehead atoms. The zero-order valence-corrected chi connectivity index (χ0v) is 11.5. The molecular weight excluding hydrogens is 290 g/mol. The summed E-state index contributed by atoms with van der Waals surface area (Å²) in [5, 5.41) is 5.06. The van der Waals surface area contributed by atoms with Crippen molar-refractivity contribution < 1.29 is 17.6 Å². The quantitative estimate of drug-likeness (QED) is 0.803. The van der Waals surface area contributed by atoms with Gasteiger partial charge in [0.05, 0.1) is 5.56 Å². The number of hydrogen-bond donors (Lipinski definition) is 1. The van der Waals surface area contributed by atoms with E-state index in [2.05, 4.69) is 5.32 Å². The van der Waals surface area contributed by atoms with Crippen LogP contribution >= 0.6 is 11.3 Å². The minimum atomic E-state index is -4.67. The minimum Gasteiger partial charge on any atom is -0.305 e. The highest BCUT2D eigenvalue weighted by Gasteiger charge is 2.34. The highest BCUT2D eigenvalue weighted by atomic mass is 32.1. The molecule has 1 aromatic carbocycles. The van der Waals surface area contributed by atoms with E-state index in [0.717, 1.165) is 17.0 Å². The Morgan fingerprint density at radius 3 is 2.60 bits per heavy atom. The molecule has 1 atom stereocenters. The van der Waals surface area contributed by atoms with Crippen LogP contribution in [-0.2, 0) is 12.7 Å². The van der Waals surface area contributed by atoms with Crippen molar-refractivity contribution in [3.63, 3.8) is 0 Å². The number of alkyl halides is 3. The predicted molar refractivity (Wildman–Crippen MR) is 71.0 cm³/mol. The van der Waals surface area contributed by atoms with Crippen molar-refractivity contribution in [3.8, 4) is 0 Å². The lowest BCUT2D eigenvalue weighted by Gasteiger charge is -2.14. The number of benzene rings is 1. The molecule has 0 radical (unpaired) electrons. The molecule has 0 saturated carbocycles. The highest BCUT2D eigenvalue weighted by molar-refractivity contribution is 7.10. The molecule has 1 aromatic heterocycles. The number of rotatable bonds is 4. The topological polar surface area (TPSA) is 12.0 Å². The molecule has 0 saturated heterocycles. The molecule has 108 valence electrons. The summed E-state index contributed by atoms with van der Waals surface area (Å²) < 4.78 is 50.9. The standard InChI is InChI=1S/C14H13F4NS/c1-9(13-3-2-6-20-13)19-8-10-4-5-12(15)11(7-10)14(16,17)18/h2-7,9,19H,8H2,1H3/t9-/m0/s1. The largest absolute Gasteiger partial charge is 0.419 e. The maximum Gasteiger partial charge on any atom is 0.419 e.